The fraction of sp³-hybridized carbons (Fsp3) is 0.333. The summed E-state index contributed by atoms with van der Waals surface area (Å²) in [6.45, 7) is 6.28. The van der Waals surface area contributed by atoms with E-state index in [1.165, 1.54) is 0 Å². The van der Waals surface area contributed by atoms with Crippen molar-refractivity contribution in [3.8, 4) is 0 Å². The van der Waals surface area contributed by atoms with E-state index in [1.807, 2.05) is 17.5 Å². The molecule has 1 N–H and O–H groups in total. The van der Waals surface area contributed by atoms with E-state index in [0.717, 1.165) is 4.88 Å². The van der Waals surface area contributed by atoms with Crippen molar-refractivity contribution in [3.05, 3.63) is 63.3 Å². The molecule has 0 spiro atoms. The lowest BCUT2D eigenvalue weighted by Gasteiger charge is -2.36. The number of nitrogens with zero attached hydrogens (tertiary/aromatic N) is 4. The SMILES string of the molecule is Cc1noc(C)c1C(=O)N1CCN(c2ncccc2C(=O)NCc2cccs2)CC1. The highest BCUT2D eigenvalue weighted by molar-refractivity contribution is 7.09. The standard InChI is InChI=1S/C21H23N5O3S/c1-14-18(15(2)29-24-14)21(28)26-10-8-25(9-11-26)19-17(6-3-7-22-19)20(27)23-13-16-5-4-12-30-16/h3-7,12H,8-11,13H2,1-2H3,(H,23,27). The Morgan fingerprint density at radius 1 is 1.17 bits per heavy atom. The van der Waals surface area contributed by atoms with E-state index in [-0.39, 0.29) is 11.8 Å². The number of nitrogens with one attached hydrogen (secondary N) is 1. The van der Waals surface area contributed by atoms with Gasteiger partial charge in [-0.25, -0.2) is 4.98 Å². The first-order valence-electron chi connectivity index (χ1n) is 9.77. The Morgan fingerprint density at radius 2 is 1.97 bits per heavy atom. The van der Waals surface area contributed by atoms with Gasteiger partial charge in [0.2, 0.25) is 0 Å². The first-order valence-corrected chi connectivity index (χ1v) is 10.6. The number of aryl methyl sites for hydroxylation is 2. The predicted octanol–water partition coefficient (Wildman–Crippen LogP) is 2.64. The fourth-order valence-electron chi connectivity index (χ4n) is 3.57. The van der Waals surface area contributed by atoms with E-state index in [9.17, 15) is 9.59 Å². The molecule has 8 nitrogen and oxygen atoms in total. The lowest BCUT2D eigenvalue weighted by Crippen LogP contribution is -2.49. The van der Waals surface area contributed by atoms with Crippen LogP contribution in [0.4, 0.5) is 5.82 Å². The van der Waals surface area contributed by atoms with E-state index >= 15 is 0 Å². The van der Waals surface area contributed by atoms with Crippen molar-refractivity contribution in [1.82, 2.24) is 20.4 Å². The zero-order valence-electron chi connectivity index (χ0n) is 16.9. The molecule has 1 saturated heterocycles. The third kappa shape index (κ3) is 4.06. The first-order chi connectivity index (χ1) is 14.5. The molecule has 1 aliphatic rings. The van der Waals surface area contributed by atoms with Gasteiger partial charge in [-0.15, -0.1) is 11.3 Å². The number of anilines is 1. The van der Waals surface area contributed by atoms with E-state index in [2.05, 4.69) is 20.4 Å². The summed E-state index contributed by atoms with van der Waals surface area (Å²) in [6, 6.07) is 7.50. The highest BCUT2D eigenvalue weighted by Gasteiger charge is 2.28. The van der Waals surface area contributed by atoms with Crippen LogP contribution in [0.25, 0.3) is 0 Å². The molecule has 9 heteroatoms. The van der Waals surface area contributed by atoms with Crippen molar-refractivity contribution in [2.45, 2.75) is 20.4 Å². The normalized spacial score (nSPS) is 14.1. The number of pyridine rings is 1. The maximum atomic E-state index is 12.8. The maximum Gasteiger partial charge on any atom is 0.259 e. The average molecular weight is 426 g/mol. The number of thiophene rings is 1. The number of hydrogen-bond acceptors (Lipinski definition) is 7. The molecule has 0 aliphatic carbocycles. The number of carbonyl (C=O) groups is 2. The largest absolute Gasteiger partial charge is 0.361 e. The van der Waals surface area contributed by atoms with Crippen LogP contribution in [0.2, 0.25) is 0 Å². The lowest BCUT2D eigenvalue weighted by molar-refractivity contribution is 0.0743. The Hall–Kier alpha value is -3.20. The molecule has 0 radical (unpaired) electrons. The quantitative estimate of drug-likeness (QED) is 0.676. The highest BCUT2D eigenvalue weighted by atomic mass is 32.1. The second kappa shape index (κ2) is 8.66. The smallest absolute Gasteiger partial charge is 0.259 e. The van der Waals surface area contributed by atoms with E-state index < -0.39 is 0 Å². The molecule has 0 atom stereocenters. The van der Waals surface area contributed by atoms with E-state index in [1.54, 1.807) is 48.4 Å². The first kappa shape index (κ1) is 20.1. The number of piperazine rings is 1. The third-order valence-corrected chi connectivity index (χ3v) is 6.02. The Bertz CT molecular complexity index is 1020. The average Bonchev–Trinajstić information content (AvgIpc) is 3.41. The van der Waals surface area contributed by atoms with Gasteiger partial charge in [-0.1, -0.05) is 11.2 Å². The van der Waals surface area contributed by atoms with Crippen molar-refractivity contribution in [2.24, 2.45) is 0 Å². The Morgan fingerprint density at radius 3 is 2.63 bits per heavy atom. The summed E-state index contributed by atoms with van der Waals surface area (Å²) in [6.07, 6.45) is 1.69. The van der Waals surface area contributed by atoms with Crippen molar-refractivity contribution in [1.29, 1.82) is 0 Å². The number of amides is 2. The molecule has 4 rings (SSSR count). The molecule has 30 heavy (non-hydrogen) atoms. The van der Waals surface area contributed by atoms with Crippen molar-refractivity contribution in [3.63, 3.8) is 0 Å². The molecular weight excluding hydrogens is 402 g/mol. The molecule has 0 bridgehead atoms. The summed E-state index contributed by atoms with van der Waals surface area (Å²) in [5, 5.41) is 8.82. The molecule has 1 fully saturated rings. The molecule has 4 heterocycles. The Kier molecular flexibility index (Phi) is 5.80. The lowest BCUT2D eigenvalue weighted by atomic mass is 10.1. The van der Waals surface area contributed by atoms with Crippen LogP contribution < -0.4 is 10.2 Å². The van der Waals surface area contributed by atoms with Gasteiger partial charge in [0.05, 0.1) is 17.8 Å². The van der Waals surface area contributed by atoms with Crippen LogP contribution >= 0.6 is 11.3 Å². The summed E-state index contributed by atoms with van der Waals surface area (Å²) in [4.78, 5) is 35.0. The zero-order chi connectivity index (χ0) is 21.1. The van der Waals surface area contributed by atoms with Gasteiger partial charge in [0.25, 0.3) is 11.8 Å². The van der Waals surface area contributed by atoms with Gasteiger partial charge >= 0.3 is 0 Å². The number of aromatic nitrogens is 2. The second-order valence-electron chi connectivity index (χ2n) is 7.12. The van der Waals surface area contributed by atoms with Gasteiger partial charge in [-0.05, 0) is 37.4 Å². The van der Waals surface area contributed by atoms with Gasteiger partial charge in [-0.3, -0.25) is 9.59 Å². The molecule has 1 aliphatic heterocycles. The van der Waals surface area contributed by atoms with Crippen LogP contribution in [-0.2, 0) is 6.54 Å². The molecule has 3 aromatic heterocycles. The summed E-state index contributed by atoms with van der Waals surface area (Å²) < 4.78 is 5.13. The van der Waals surface area contributed by atoms with Gasteiger partial charge in [0.15, 0.2) is 0 Å². The Labute approximate surface area is 178 Å². The van der Waals surface area contributed by atoms with Crippen molar-refractivity contribution < 1.29 is 14.1 Å². The molecule has 3 aromatic rings. The van der Waals surface area contributed by atoms with Crippen LogP contribution in [0.5, 0.6) is 0 Å². The molecule has 156 valence electrons. The molecule has 0 aromatic carbocycles. The minimum Gasteiger partial charge on any atom is -0.361 e. The molecular formula is C21H23N5O3S. The van der Waals surface area contributed by atoms with Crippen LogP contribution in [0.15, 0.2) is 40.4 Å². The highest BCUT2D eigenvalue weighted by Crippen LogP contribution is 2.21. The van der Waals surface area contributed by atoms with E-state index in [4.69, 9.17) is 4.52 Å². The summed E-state index contributed by atoms with van der Waals surface area (Å²) >= 11 is 1.61. The number of carbonyl (C=O) groups excluding carboxylic acids is 2. The summed E-state index contributed by atoms with van der Waals surface area (Å²) in [7, 11) is 0. The third-order valence-electron chi connectivity index (χ3n) is 5.15. The summed E-state index contributed by atoms with van der Waals surface area (Å²) in [5.74, 6) is 0.960. The van der Waals surface area contributed by atoms with Crippen LogP contribution in [0.3, 0.4) is 0 Å². The zero-order valence-corrected chi connectivity index (χ0v) is 17.7. The summed E-state index contributed by atoms with van der Waals surface area (Å²) in [5.41, 5.74) is 1.68. The second-order valence-corrected chi connectivity index (χ2v) is 8.15. The molecule has 0 saturated carbocycles. The van der Waals surface area contributed by atoms with Crippen LogP contribution in [-0.4, -0.2) is 53.0 Å². The minimum absolute atomic E-state index is 0.0687. The number of hydrogen-bond donors (Lipinski definition) is 1. The minimum atomic E-state index is -0.152. The Balaban J connectivity index is 1.42. The van der Waals surface area contributed by atoms with Crippen molar-refractivity contribution >= 4 is 29.0 Å². The van der Waals surface area contributed by atoms with Gasteiger partial charge < -0.3 is 19.6 Å². The monoisotopic (exact) mass is 425 g/mol. The van der Waals surface area contributed by atoms with E-state index in [0.29, 0.717) is 61.1 Å². The van der Waals surface area contributed by atoms with Crippen molar-refractivity contribution in [2.75, 3.05) is 31.1 Å². The maximum absolute atomic E-state index is 12.8. The van der Waals surface area contributed by atoms with Gasteiger partial charge in [-0.2, -0.15) is 0 Å². The predicted molar refractivity (Wildman–Crippen MR) is 114 cm³/mol. The molecule has 0 unspecified atom stereocenters. The number of rotatable bonds is 5. The van der Waals surface area contributed by atoms with Crippen LogP contribution in [0.1, 0.15) is 37.0 Å². The molecule has 2 amide bonds. The fourth-order valence-corrected chi connectivity index (χ4v) is 4.21. The van der Waals surface area contributed by atoms with Crippen LogP contribution in [0, 0.1) is 13.8 Å². The van der Waals surface area contributed by atoms with Gasteiger partial charge in [0, 0.05) is 37.3 Å². The van der Waals surface area contributed by atoms with Gasteiger partial charge in [0.1, 0.15) is 17.1 Å². The topological polar surface area (TPSA) is 91.6 Å².